The SMILES string of the molecule is O=C(O)C1CC(=O)N(Cc2ccccc2OCCCc2ccccc2)C1. The molecule has 1 amide bonds. The van der Waals surface area contributed by atoms with Crippen LogP contribution in [-0.2, 0) is 22.6 Å². The molecule has 1 aliphatic rings. The molecular formula is C21H23NO4. The Morgan fingerprint density at radius 1 is 1.12 bits per heavy atom. The normalized spacial score (nSPS) is 16.7. The number of carbonyl (C=O) groups is 2. The number of carboxylic acids is 1. The number of carboxylic acid groups (broad SMARTS) is 1. The van der Waals surface area contributed by atoms with Crippen LogP contribution >= 0.6 is 0 Å². The molecule has 2 aromatic rings. The first-order valence-corrected chi connectivity index (χ1v) is 8.88. The summed E-state index contributed by atoms with van der Waals surface area (Å²) in [6, 6.07) is 17.9. The lowest BCUT2D eigenvalue weighted by molar-refractivity contribution is -0.141. The van der Waals surface area contributed by atoms with Crippen molar-refractivity contribution in [2.45, 2.75) is 25.8 Å². The van der Waals surface area contributed by atoms with Gasteiger partial charge >= 0.3 is 5.97 Å². The van der Waals surface area contributed by atoms with Gasteiger partial charge in [-0.15, -0.1) is 0 Å². The van der Waals surface area contributed by atoms with E-state index in [9.17, 15) is 9.59 Å². The molecule has 1 N–H and O–H groups in total. The maximum atomic E-state index is 12.0. The van der Waals surface area contributed by atoms with E-state index in [-0.39, 0.29) is 18.9 Å². The van der Waals surface area contributed by atoms with Crippen LogP contribution in [0.25, 0.3) is 0 Å². The van der Waals surface area contributed by atoms with Crippen LogP contribution in [0, 0.1) is 5.92 Å². The van der Waals surface area contributed by atoms with Gasteiger partial charge in [0.05, 0.1) is 12.5 Å². The molecule has 5 nitrogen and oxygen atoms in total. The molecule has 5 heteroatoms. The van der Waals surface area contributed by atoms with E-state index in [0.29, 0.717) is 13.2 Å². The summed E-state index contributed by atoms with van der Waals surface area (Å²) >= 11 is 0. The molecule has 2 aromatic carbocycles. The minimum atomic E-state index is -0.911. The molecule has 0 spiro atoms. The zero-order chi connectivity index (χ0) is 18.4. The van der Waals surface area contributed by atoms with Gasteiger partial charge in [0, 0.05) is 25.1 Å². The van der Waals surface area contributed by atoms with Gasteiger partial charge in [0.25, 0.3) is 0 Å². The zero-order valence-corrected chi connectivity index (χ0v) is 14.6. The van der Waals surface area contributed by atoms with Gasteiger partial charge in [0.1, 0.15) is 5.75 Å². The second kappa shape index (κ2) is 8.52. The number of hydrogen-bond acceptors (Lipinski definition) is 3. The van der Waals surface area contributed by atoms with Crippen LogP contribution in [0.15, 0.2) is 54.6 Å². The highest BCUT2D eigenvalue weighted by molar-refractivity contribution is 5.86. The smallest absolute Gasteiger partial charge is 0.308 e. The van der Waals surface area contributed by atoms with E-state index in [2.05, 4.69) is 12.1 Å². The summed E-state index contributed by atoms with van der Waals surface area (Å²) in [5.41, 5.74) is 2.19. The Balaban J connectivity index is 1.55. The zero-order valence-electron chi connectivity index (χ0n) is 14.6. The van der Waals surface area contributed by atoms with Crippen LogP contribution in [0.3, 0.4) is 0 Å². The van der Waals surface area contributed by atoms with E-state index in [4.69, 9.17) is 9.84 Å². The van der Waals surface area contributed by atoms with E-state index in [1.165, 1.54) is 5.56 Å². The average Bonchev–Trinajstić information content (AvgIpc) is 3.02. The van der Waals surface area contributed by atoms with Crippen molar-refractivity contribution in [3.63, 3.8) is 0 Å². The quantitative estimate of drug-likeness (QED) is 0.741. The first-order valence-electron chi connectivity index (χ1n) is 8.88. The lowest BCUT2D eigenvalue weighted by Crippen LogP contribution is -2.26. The number of hydrogen-bond donors (Lipinski definition) is 1. The van der Waals surface area contributed by atoms with Crippen molar-refractivity contribution in [1.29, 1.82) is 0 Å². The Bertz CT molecular complexity index is 760. The van der Waals surface area contributed by atoms with Crippen molar-refractivity contribution >= 4 is 11.9 Å². The molecule has 0 radical (unpaired) electrons. The van der Waals surface area contributed by atoms with Crippen LogP contribution in [0.4, 0.5) is 0 Å². The maximum Gasteiger partial charge on any atom is 0.308 e. The third-order valence-corrected chi connectivity index (χ3v) is 4.61. The fourth-order valence-electron chi connectivity index (χ4n) is 3.17. The number of amides is 1. The first kappa shape index (κ1) is 18.0. The van der Waals surface area contributed by atoms with Crippen molar-refractivity contribution in [1.82, 2.24) is 4.90 Å². The number of likely N-dealkylation sites (tertiary alicyclic amines) is 1. The Labute approximate surface area is 153 Å². The largest absolute Gasteiger partial charge is 0.493 e. The predicted molar refractivity (Wildman–Crippen MR) is 97.9 cm³/mol. The maximum absolute atomic E-state index is 12.0. The van der Waals surface area contributed by atoms with Crippen LogP contribution in [0.2, 0.25) is 0 Å². The number of carbonyl (C=O) groups excluding carboxylic acids is 1. The number of ether oxygens (including phenoxy) is 1. The standard InChI is InChI=1S/C21H23NO4/c23-20-13-18(21(24)25)15-22(20)14-17-10-4-5-11-19(17)26-12-6-9-16-7-2-1-3-8-16/h1-5,7-8,10-11,18H,6,9,12-15H2,(H,24,25). The van der Waals surface area contributed by atoms with Gasteiger partial charge in [-0.25, -0.2) is 0 Å². The van der Waals surface area contributed by atoms with E-state index < -0.39 is 11.9 Å². The molecule has 0 aliphatic carbocycles. The molecule has 0 aromatic heterocycles. The van der Waals surface area contributed by atoms with Gasteiger partial charge in [-0.3, -0.25) is 9.59 Å². The summed E-state index contributed by atoms with van der Waals surface area (Å²) in [4.78, 5) is 24.7. The summed E-state index contributed by atoms with van der Waals surface area (Å²) < 4.78 is 5.92. The predicted octanol–water partition coefficient (Wildman–Crippen LogP) is 3.13. The third-order valence-electron chi connectivity index (χ3n) is 4.61. The number of rotatable bonds is 8. The van der Waals surface area contributed by atoms with Crippen molar-refractivity contribution in [3.8, 4) is 5.75 Å². The van der Waals surface area contributed by atoms with Crippen molar-refractivity contribution in [3.05, 3.63) is 65.7 Å². The van der Waals surface area contributed by atoms with E-state index in [1.807, 2.05) is 42.5 Å². The number of aliphatic carboxylic acids is 1. The summed E-state index contributed by atoms with van der Waals surface area (Å²) in [6.45, 7) is 1.24. The van der Waals surface area contributed by atoms with Crippen LogP contribution in [-0.4, -0.2) is 35.0 Å². The number of benzene rings is 2. The van der Waals surface area contributed by atoms with Crippen LogP contribution in [0.5, 0.6) is 5.75 Å². The van der Waals surface area contributed by atoms with Crippen molar-refractivity contribution < 1.29 is 19.4 Å². The lowest BCUT2D eigenvalue weighted by Gasteiger charge is -2.18. The molecule has 0 bridgehead atoms. The van der Waals surface area contributed by atoms with Gasteiger partial charge in [0.15, 0.2) is 0 Å². The summed E-state index contributed by atoms with van der Waals surface area (Å²) in [5.74, 6) is -0.879. The Kier molecular flexibility index (Phi) is 5.89. The monoisotopic (exact) mass is 353 g/mol. The Morgan fingerprint density at radius 3 is 2.58 bits per heavy atom. The van der Waals surface area contributed by atoms with Gasteiger partial charge in [-0.05, 0) is 24.5 Å². The molecule has 1 heterocycles. The molecular weight excluding hydrogens is 330 g/mol. The molecule has 1 saturated heterocycles. The minimum absolute atomic E-state index is 0.0788. The number of para-hydroxylation sites is 1. The highest BCUT2D eigenvalue weighted by Crippen LogP contribution is 2.25. The highest BCUT2D eigenvalue weighted by Gasteiger charge is 2.34. The summed E-state index contributed by atoms with van der Waals surface area (Å²) in [7, 11) is 0. The molecule has 3 rings (SSSR count). The lowest BCUT2D eigenvalue weighted by atomic mass is 10.1. The Hall–Kier alpha value is -2.82. The fourth-order valence-corrected chi connectivity index (χ4v) is 3.17. The molecule has 1 unspecified atom stereocenters. The summed E-state index contributed by atoms with van der Waals surface area (Å²) in [6.07, 6.45) is 1.94. The van der Waals surface area contributed by atoms with Crippen molar-refractivity contribution in [2.24, 2.45) is 5.92 Å². The van der Waals surface area contributed by atoms with Gasteiger partial charge in [-0.2, -0.15) is 0 Å². The number of nitrogens with zero attached hydrogens (tertiary/aromatic N) is 1. The topological polar surface area (TPSA) is 66.8 Å². The molecule has 1 atom stereocenters. The van der Waals surface area contributed by atoms with E-state index in [0.717, 1.165) is 24.2 Å². The third kappa shape index (κ3) is 4.63. The first-order chi connectivity index (χ1) is 12.6. The number of aryl methyl sites for hydroxylation is 1. The van der Waals surface area contributed by atoms with Crippen molar-refractivity contribution in [2.75, 3.05) is 13.2 Å². The van der Waals surface area contributed by atoms with Gasteiger partial charge in [0.2, 0.25) is 5.91 Å². The molecule has 0 saturated carbocycles. The van der Waals surface area contributed by atoms with E-state index >= 15 is 0 Å². The molecule has 26 heavy (non-hydrogen) atoms. The minimum Gasteiger partial charge on any atom is -0.493 e. The summed E-state index contributed by atoms with van der Waals surface area (Å²) in [5, 5.41) is 9.10. The fraction of sp³-hybridized carbons (Fsp3) is 0.333. The molecule has 1 fully saturated rings. The van der Waals surface area contributed by atoms with E-state index in [1.54, 1.807) is 4.90 Å². The van der Waals surface area contributed by atoms with Gasteiger partial charge in [-0.1, -0.05) is 48.5 Å². The Morgan fingerprint density at radius 2 is 1.85 bits per heavy atom. The second-order valence-electron chi connectivity index (χ2n) is 6.56. The van der Waals surface area contributed by atoms with Crippen LogP contribution in [0.1, 0.15) is 24.0 Å². The molecule has 1 aliphatic heterocycles. The van der Waals surface area contributed by atoms with Crippen LogP contribution < -0.4 is 4.74 Å². The highest BCUT2D eigenvalue weighted by atomic mass is 16.5. The second-order valence-corrected chi connectivity index (χ2v) is 6.56. The van der Waals surface area contributed by atoms with Gasteiger partial charge < -0.3 is 14.7 Å². The average molecular weight is 353 g/mol. The molecule has 136 valence electrons.